The Kier molecular flexibility index (Phi) is 6.18. The van der Waals surface area contributed by atoms with Crippen molar-refractivity contribution in [2.75, 3.05) is 11.8 Å². The third kappa shape index (κ3) is 4.73. The van der Waals surface area contributed by atoms with Crippen LogP contribution in [0.1, 0.15) is 23.7 Å². The standard InChI is InChI=1S/C17H19N3O5S/c1-3-16(21)18-19-17(22)12-7-6-8-13(11-12)26(23,24)20-14-9-4-5-10-15(14)25-2/h4-11,20H,3H2,1-2H3,(H,18,21)(H,19,22). The highest BCUT2D eigenvalue weighted by Gasteiger charge is 2.18. The summed E-state index contributed by atoms with van der Waals surface area (Å²) >= 11 is 0. The zero-order valence-corrected chi connectivity index (χ0v) is 15.1. The van der Waals surface area contributed by atoms with Gasteiger partial charge in [-0.1, -0.05) is 25.1 Å². The molecule has 0 saturated heterocycles. The summed E-state index contributed by atoms with van der Waals surface area (Å²) in [6.45, 7) is 1.64. The zero-order valence-electron chi connectivity index (χ0n) is 14.3. The number of para-hydroxylation sites is 2. The van der Waals surface area contributed by atoms with E-state index in [-0.39, 0.29) is 28.5 Å². The summed E-state index contributed by atoms with van der Waals surface area (Å²) in [4.78, 5) is 23.1. The van der Waals surface area contributed by atoms with E-state index in [0.717, 1.165) is 0 Å². The second-order valence-corrected chi connectivity index (χ2v) is 6.87. The van der Waals surface area contributed by atoms with Gasteiger partial charge in [0.05, 0.1) is 17.7 Å². The molecule has 0 atom stereocenters. The molecular formula is C17H19N3O5S. The smallest absolute Gasteiger partial charge is 0.269 e. The number of amides is 2. The number of sulfonamides is 1. The summed E-state index contributed by atoms with van der Waals surface area (Å²) in [5, 5.41) is 0. The van der Waals surface area contributed by atoms with Gasteiger partial charge in [0, 0.05) is 12.0 Å². The number of carbonyl (C=O) groups excluding carboxylic acids is 2. The zero-order chi connectivity index (χ0) is 19.2. The molecule has 0 aliphatic rings. The Hall–Kier alpha value is -3.07. The molecule has 0 fully saturated rings. The molecule has 2 aromatic carbocycles. The fourth-order valence-corrected chi connectivity index (χ4v) is 3.14. The van der Waals surface area contributed by atoms with Gasteiger partial charge < -0.3 is 4.74 Å². The first-order valence-corrected chi connectivity index (χ1v) is 9.20. The SMILES string of the molecule is CCC(=O)NNC(=O)c1cccc(S(=O)(=O)Nc2ccccc2OC)c1. The monoisotopic (exact) mass is 377 g/mol. The minimum Gasteiger partial charge on any atom is -0.495 e. The largest absolute Gasteiger partial charge is 0.495 e. The van der Waals surface area contributed by atoms with E-state index in [9.17, 15) is 18.0 Å². The normalized spacial score (nSPS) is 10.7. The van der Waals surface area contributed by atoms with Crippen molar-refractivity contribution >= 4 is 27.5 Å². The van der Waals surface area contributed by atoms with Gasteiger partial charge in [0.1, 0.15) is 5.75 Å². The average molecular weight is 377 g/mol. The molecule has 0 aliphatic heterocycles. The van der Waals surface area contributed by atoms with Gasteiger partial charge in [-0.05, 0) is 30.3 Å². The molecule has 3 N–H and O–H groups in total. The van der Waals surface area contributed by atoms with Crippen molar-refractivity contribution in [3.8, 4) is 5.75 Å². The van der Waals surface area contributed by atoms with Crippen LogP contribution in [0, 0.1) is 0 Å². The Morgan fingerprint density at radius 2 is 1.77 bits per heavy atom. The van der Waals surface area contributed by atoms with E-state index < -0.39 is 15.9 Å². The summed E-state index contributed by atoms with van der Waals surface area (Å²) in [5.41, 5.74) is 4.81. The van der Waals surface area contributed by atoms with Crippen molar-refractivity contribution < 1.29 is 22.7 Å². The van der Waals surface area contributed by atoms with Crippen LogP contribution in [-0.2, 0) is 14.8 Å². The second kappa shape index (κ2) is 8.34. The molecule has 0 unspecified atom stereocenters. The van der Waals surface area contributed by atoms with E-state index in [1.807, 2.05) is 0 Å². The molecule has 8 nitrogen and oxygen atoms in total. The van der Waals surface area contributed by atoms with E-state index >= 15 is 0 Å². The van der Waals surface area contributed by atoms with Crippen molar-refractivity contribution in [3.63, 3.8) is 0 Å². The fourth-order valence-electron chi connectivity index (χ4n) is 2.02. The second-order valence-electron chi connectivity index (χ2n) is 5.19. The number of benzene rings is 2. The van der Waals surface area contributed by atoms with Crippen molar-refractivity contribution in [2.24, 2.45) is 0 Å². The van der Waals surface area contributed by atoms with Gasteiger partial charge in [0.2, 0.25) is 5.91 Å². The lowest BCUT2D eigenvalue weighted by Gasteiger charge is -2.12. The number of nitrogens with one attached hydrogen (secondary N) is 3. The third-order valence-corrected chi connectivity index (χ3v) is 4.76. The van der Waals surface area contributed by atoms with E-state index in [0.29, 0.717) is 5.75 Å². The predicted molar refractivity (Wildman–Crippen MR) is 96.1 cm³/mol. The Morgan fingerprint density at radius 1 is 1.04 bits per heavy atom. The molecule has 9 heteroatoms. The lowest BCUT2D eigenvalue weighted by Crippen LogP contribution is -2.41. The molecule has 0 spiro atoms. The molecule has 0 heterocycles. The van der Waals surface area contributed by atoms with Crippen LogP contribution in [0.4, 0.5) is 5.69 Å². The number of hydrogen-bond acceptors (Lipinski definition) is 5. The maximum atomic E-state index is 12.6. The van der Waals surface area contributed by atoms with Gasteiger partial charge in [-0.25, -0.2) is 8.42 Å². The number of anilines is 1. The highest BCUT2D eigenvalue weighted by atomic mass is 32.2. The molecule has 0 radical (unpaired) electrons. The van der Waals surface area contributed by atoms with Crippen molar-refractivity contribution in [2.45, 2.75) is 18.2 Å². The molecule has 2 rings (SSSR count). The van der Waals surface area contributed by atoms with Gasteiger partial charge in [-0.15, -0.1) is 0 Å². The van der Waals surface area contributed by atoms with Gasteiger partial charge in [-0.3, -0.25) is 25.2 Å². The van der Waals surface area contributed by atoms with Crippen LogP contribution >= 0.6 is 0 Å². The molecule has 2 amide bonds. The van der Waals surface area contributed by atoms with Crippen LogP contribution in [-0.4, -0.2) is 27.3 Å². The van der Waals surface area contributed by atoms with Gasteiger partial charge in [0.25, 0.3) is 15.9 Å². The first kappa shape index (κ1) is 19.3. The fraction of sp³-hybridized carbons (Fsp3) is 0.176. The Balaban J connectivity index is 2.22. The number of carbonyl (C=O) groups is 2. The number of hydrogen-bond donors (Lipinski definition) is 3. The lowest BCUT2D eigenvalue weighted by molar-refractivity contribution is -0.121. The van der Waals surface area contributed by atoms with Gasteiger partial charge in [0.15, 0.2) is 0 Å². The topological polar surface area (TPSA) is 114 Å². The average Bonchev–Trinajstić information content (AvgIpc) is 2.66. The predicted octanol–water partition coefficient (Wildman–Crippen LogP) is 1.67. The number of ether oxygens (including phenoxy) is 1. The third-order valence-electron chi connectivity index (χ3n) is 3.39. The van der Waals surface area contributed by atoms with Crippen LogP contribution < -0.4 is 20.3 Å². The highest BCUT2D eigenvalue weighted by molar-refractivity contribution is 7.92. The van der Waals surface area contributed by atoms with E-state index in [4.69, 9.17) is 4.74 Å². The minimum absolute atomic E-state index is 0.0873. The van der Waals surface area contributed by atoms with Crippen molar-refractivity contribution in [1.29, 1.82) is 0 Å². The summed E-state index contributed by atoms with van der Waals surface area (Å²) < 4.78 is 32.7. The Bertz CT molecular complexity index is 912. The Labute approximate surface area is 151 Å². The van der Waals surface area contributed by atoms with Gasteiger partial charge >= 0.3 is 0 Å². The minimum atomic E-state index is -3.94. The van der Waals surface area contributed by atoms with E-state index in [1.165, 1.54) is 31.4 Å². The summed E-state index contributed by atoms with van der Waals surface area (Å²) in [6.07, 6.45) is 0.206. The summed E-state index contributed by atoms with van der Waals surface area (Å²) in [6, 6.07) is 12.0. The van der Waals surface area contributed by atoms with Crippen LogP contribution in [0.15, 0.2) is 53.4 Å². The van der Waals surface area contributed by atoms with E-state index in [2.05, 4.69) is 15.6 Å². The van der Waals surface area contributed by atoms with Gasteiger partial charge in [-0.2, -0.15) is 0 Å². The number of rotatable bonds is 6. The number of hydrazine groups is 1. The maximum Gasteiger partial charge on any atom is 0.269 e. The van der Waals surface area contributed by atoms with E-state index in [1.54, 1.807) is 31.2 Å². The highest BCUT2D eigenvalue weighted by Crippen LogP contribution is 2.26. The quantitative estimate of drug-likeness (QED) is 0.663. The molecule has 2 aromatic rings. The molecule has 138 valence electrons. The lowest BCUT2D eigenvalue weighted by atomic mass is 10.2. The van der Waals surface area contributed by atoms with Crippen LogP contribution in [0.2, 0.25) is 0 Å². The first-order valence-electron chi connectivity index (χ1n) is 7.72. The molecule has 0 aromatic heterocycles. The van der Waals surface area contributed by atoms with Crippen LogP contribution in [0.5, 0.6) is 5.75 Å². The van der Waals surface area contributed by atoms with Crippen molar-refractivity contribution in [1.82, 2.24) is 10.9 Å². The Morgan fingerprint density at radius 3 is 2.46 bits per heavy atom. The maximum absolute atomic E-state index is 12.6. The first-order chi connectivity index (χ1) is 12.4. The van der Waals surface area contributed by atoms with Crippen LogP contribution in [0.3, 0.4) is 0 Å². The molecular weight excluding hydrogens is 358 g/mol. The number of methoxy groups -OCH3 is 1. The van der Waals surface area contributed by atoms with Crippen LogP contribution in [0.25, 0.3) is 0 Å². The van der Waals surface area contributed by atoms with Crippen molar-refractivity contribution in [3.05, 3.63) is 54.1 Å². The molecule has 0 aliphatic carbocycles. The summed E-state index contributed by atoms with van der Waals surface area (Å²) in [7, 11) is -2.50. The molecule has 26 heavy (non-hydrogen) atoms. The molecule has 0 bridgehead atoms. The molecule has 0 saturated carbocycles. The summed E-state index contributed by atoms with van der Waals surface area (Å²) in [5.74, 6) is -0.617.